The molecule has 62 valence electrons. The number of rotatable bonds is 2. The van der Waals surface area contributed by atoms with E-state index in [2.05, 4.69) is 11.9 Å². The number of carbonyl (C=O) groups is 1. The molecule has 0 radical (unpaired) electrons. The summed E-state index contributed by atoms with van der Waals surface area (Å²) in [4.78, 5) is 10.4. The Morgan fingerprint density at radius 2 is 2.00 bits per heavy atom. The van der Waals surface area contributed by atoms with E-state index < -0.39 is 0 Å². The summed E-state index contributed by atoms with van der Waals surface area (Å²) in [6, 6.07) is 0.209. The lowest BCUT2D eigenvalue weighted by Crippen LogP contribution is -2.27. The van der Waals surface area contributed by atoms with E-state index in [9.17, 15) is 4.79 Å². The van der Waals surface area contributed by atoms with Crippen molar-refractivity contribution < 1.29 is 6.22 Å². The quantitative estimate of drug-likeness (QED) is 0.591. The minimum Gasteiger partial charge on any atom is -0.350 e. The van der Waals surface area contributed by atoms with E-state index in [0.29, 0.717) is 0 Å². The van der Waals surface area contributed by atoms with Gasteiger partial charge in [0.05, 0.1) is 0 Å². The summed E-state index contributed by atoms with van der Waals surface area (Å²) in [5, 5.41) is 2.64. The average molecular weight is 145 g/mol. The molecular weight excluding hydrogens is 126 g/mol. The molecule has 0 heterocycles. The number of hydrogen-bond acceptors (Lipinski definition) is 1. The van der Waals surface area contributed by atoms with Crippen LogP contribution in [0.2, 0.25) is 0 Å². The maximum Gasteiger partial charge on any atom is 0.243 e. The van der Waals surface area contributed by atoms with Gasteiger partial charge in [0.25, 0.3) is 0 Å². The summed E-state index contributed by atoms with van der Waals surface area (Å²) < 4.78 is 0. The molecule has 0 fully saturated rings. The van der Waals surface area contributed by atoms with Crippen molar-refractivity contribution in [3.05, 3.63) is 12.7 Å². The Bertz CT molecular complexity index is 102. The fraction of sp³-hybridized carbons (Fsp3) is 0.625. The van der Waals surface area contributed by atoms with Crippen molar-refractivity contribution in [1.29, 1.82) is 0 Å². The van der Waals surface area contributed by atoms with Crippen LogP contribution in [0.15, 0.2) is 12.7 Å². The summed E-state index contributed by atoms with van der Waals surface area (Å²) in [5.41, 5.74) is 0. The van der Waals surface area contributed by atoms with E-state index in [1.165, 1.54) is 6.08 Å². The Balaban J connectivity index is -0.000000196. The van der Waals surface area contributed by atoms with Gasteiger partial charge in [-0.2, -0.15) is 0 Å². The van der Waals surface area contributed by atoms with Crippen LogP contribution in [0.5, 0.6) is 0 Å². The standard InChI is InChI=1S/C6H11NO.C2H6.H2/c1-4-6(8)7-5(2)3;1-2;/h4-5H,1H2,2-3H3,(H,7,8);1-2H3;1H. The summed E-state index contributed by atoms with van der Waals surface area (Å²) in [7, 11) is 0. The Morgan fingerprint density at radius 1 is 1.60 bits per heavy atom. The van der Waals surface area contributed by atoms with Crippen LogP contribution in [-0.2, 0) is 4.79 Å². The summed E-state index contributed by atoms with van der Waals surface area (Å²) in [5.74, 6) is -0.111. The van der Waals surface area contributed by atoms with Crippen molar-refractivity contribution >= 4 is 5.91 Å². The highest BCUT2D eigenvalue weighted by molar-refractivity contribution is 5.86. The Hall–Kier alpha value is -0.790. The van der Waals surface area contributed by atoms with Crippen LogP contribution in [0.1, 0.15) is 29.1 Å². The summed E-state index contributed by atoms with van der Waals surface area (Å²) in [6.07, 6.45) is 1.26. The van der Waals surface area contributed by atoms with Crippen LogP contribution < -0.4 is 5.32 Å². The van der Waals surface area contributed by atoms with E-state index in [-0.39, 0.29) is 13.4 Å². The first-order valence-corrected chi connectivity index (χ1v) is 3.59. The van der Waals surface area contributed by atoms with Gasteiger partial charge in [-0.1, -0.05) is 20.4 Å². The van der Waals surface area contributed by atoms with E-state index in [1.54, 1.807) is 0 Å². The smallest absolute Gasteiger partial charge is 0.243 e. The lowest BCUT2D eigenvalue weighted by Gasteiger charge is -2.02. The Morgan fingerprint density at radius 3 is 2.10 bits per heavy atom. The average Bonchev–Trinajstić information content (AvgIpc) is 1.91. The van der Waals surface area contributed by atoms with Crippen LogP contribution in [0.25, 0.3) is 0 Å². The molecule has 0 bridgehead atoms. The van der Waals surface area contributed by atoms with Crippen molar-refractivity contribution in [3.8, 4) is 0 Å². The van der Waals surface area contributed by atoms with Crippen molar-refractivity contribution in [2.45, 2.75) is 33.7 Å². The molecule has 0 aliphatic heterocycles. The van der Waals surface area contributed by atoms with Gasteiger partial charge in [0.15, 0.2) is 0 Å². The van der Waals surface area contributed by atoms with E-state index >= 15 is 0 Å². The molecule has 0 unspecified atom stereocenters. The number of hydrogen-bond donors (Lipinski definition) is 1. The largest absolute Gasteiger partial charge is 0.350 e. The predicted molar refractivity (Wildman–Crippen MR) is 46.9 cm³/mol. The van der Waals surface area contributed by atoms with Gasteiger partial charge in [-0.15, -0.1) is 0 Å². The molecule has 0 spiro atoms. The molecule has 0 aromatic carbocycles. The van der Waals surface area contributed by atoms with Crippen LogP contribution in [0, 0.1) is 0 Å². The highest BCUT2D eigenvalue weighted by atomic mass is 16.1. The first-order chi connectivity index (χ1) is 4.66. The second-order valence-electron chi connectivity index (χ2n) is 1.87. The summed E-state index contributed by atoms with van der Waals surface area (Å²) in [6.45, 7) is 11.1. The van der Waals surface area contributed by atoms with Crippen LogP contribution in [0.3, 0.4) is 0 Å². The molecule has 0 rings (SSSR count). The van der Waals surface area contributed by atoms with E-state index in [4.69, 9.17) is 0 Å². The molecule has 0 saturated heterocycles. The molecule has 1 N–H and O–H groups in total. The second-order valence-corrected chi connectivity index (χ2v) is 1.87. The predicted octanol–water partition coefficient (Wildman–Crippen LogP) is 1.97. The zero-order valence-corrected chi connectivity index (χ0v) is 7.27. The third kappa shape index (κ3) is 10.2. The molecule has 0 saturated carbocycles. The lowest BCUT2D eigenvalue weighted by molar-refractivity contribution is -0.116. The van der Waals surface area contributed by atoms with Gasteiger partial charge >= 0.3 is 0 Å². The van der Waals surface area contributed by atoms with Crippen LogP contribution in [-0.4, -0.2) is 11.9 Å². The van der Waals surface area contributed by atoms with Crippen molar-refractivity contribution in [3.63, 3.8) is 0 Å². The van der Waals surface area contributed by atoms with Crippen molar-refractivity contribution in [2.75, 3.05) is 0 Å². The van der Waals surface area contributed by atoms with Gasteiger partial charge in [0.2, 0.25) is 5.91 Å². The molecular formula is C8H19NO. The normalized spacial score (nSPS) is 7.70. The number of nitrogens with one attached hydrogen (secondary N) is 1. The lowest BCUT2D eigenvalue weighted by atomic mass is 10.4. The van der Waals surface area contributed by atoms with E-state index in [1.807, 2.05) is 27.7 Å². The fourth-order valence-corrected chi connectivity index (χ4v) is 0.343. The third-order valence-electron chi connectivity index (χ3n) is 0.616. The number of carbonyl (C=O) groups excluding carboxylic acids is 1. The van der Waals surface area contributed by atoms with E-state index in [0.717, 1.165) is 0 Å². The van der Waals surface area contributed by atoms with Crippen LogP contribution in [0.4, 0.5) is 0 Å². The Labute approximate surface area is 64.8 Å². The maximum atomic E-state index is 10.4. The Kier molecular flexibility index (Phi) is 9.80. The van der Waals surface area contributed by atoms with Gasteiger partial charge in [-0.25, -0.2) is 0 Å². The highest BCUT2D eigenvalue weighted by Crippen LogP contribution is 1.75. The highest BCUT2D eigenvalue weighted by Gasteiger charge is 1.93. The molecule has 0 aliphatic rings. The van der Waals surface area contributed by atoms with Crippen LogP contribution >= 0.6 is 0 Å². The SMILES string of the molecule is C=CC(=O)NC(C)C.CC.[HH]. The monoisotopic (exact) mass is 145 g/mol. The van der Waals surface area contributed by atoms with Gasteiger partial charge in [0, 0.05) is 7.47 Å². The molecule has 10 heavy (non-hydrogen) atoms. The molecule has 0 aromatic heterocycles. The number of amides is 1. The van der Waals surface area contributed by atoms with Crippen molar-refractivity contribution in [2.24, 2.45) is 0 Å². The molecule has 0 aliphatic carbocycles. The zero-order chi connectivity index (χ0) is 8.57. The van der Waals surface area contributed by atoms with Gasteiger partial charge in [0.1, 0.15) is 0 Å². The summed E-state index contributed by atoms with van der Waals surface area (Å²) >= 11 is 0. The molecule has 0 aromatic rings. The topological polar surface area (TPSA) is 29.1 Å². The zero-order valence-electron chi connectivity index (χ0n) is 7.27. The fourth-order valence-electron chi connectivity index (χ4n) is 0.343. The molecule has 2 nitrogen and oxygen atoms in total. The molecule has 1 amide bonds. The van der Waals surface area contributed by atoms with Gasteiger partial charge < -0.3 is 5.32 Å². The van der Waals surface area contributed by atoms with Crippen molar-refractivity contribution in [1.82, 2.24) is 5.32 Å². The first-order valence-electron chi connectivity index (χ1n) is 3.59. The first kappa shape index (κ1) is 11.9. The van der Waals surface area contributed by atoms with Gasteiger partial charge in [-0.3, -0.25) is 4.79 Å². The third-order valence-corrected chi connectivity index (χ3v) is 0.616. The van der Waals surface area contributed by atoms with Gasteiger partial charge in [-0.05, 0) is 19.9 Å². The minimum atomic E-state index is -0.111. The second kappa shape index (κ2) is 8.21. The maximum absolute atomic E-state index is 10.4. The molecule has 0 atom stereocenters. The molecule has 2 heteroatoms. The minimum absolute atomic E-state index is 0.